The Balaban J connectivity index is 3.44. The predicted molar refractivity (Wildman–Crippen MR) is 45.5 cm³/mol. The number of aliphatic hydroxyl groups is 2. The zero-order chi connectivity index (χ0) is 8.69. The van der Waals surface area contributed by atoms with E-state index >= 15 is 0 Å². The maximum Gasteiger partial charge on any atom is 0.0607 e. The van der Waals surface area contributed by atoms with Crippen molar-refractivity contribution in [1.82, 2.24) is 5.32 Å². The van der Waals surface area contributed by atoms with Crippen LogP contribution >= 0.6 is 0 Å². The van der Waals surface area contributed by atoms with E-state index in [1.54, 1.807) is 0 Å². The fourth-order valence-corrected chi connectivity index (χ4v) is 1.08. The third-order valence-corrected chi connectivity index (χ3v) is 1.68. The molecular formula is C8H19NO2. The molecule has 3 heteroatoms. The van der Waals surface area contributed by atoms with Gasteiger partial charge >= 0.3 is 0 Å². The average Bonchev–Trinajstić information content (AvgIpc) is 2.01. The van der Waals surface area contributed by atoms with Crippen molar-refractivity contribution in [2.24, 2.45) is 0 Å². The van der Waals surface area contributed by atoms with Crippen LogP contribution in [0.2, 0.25) is 0 Å². The van der Waals surface area contributed by atoms with Crippen molar-refractivity contribution in [3.8, 4) is 0 Å². The lowest BCUT2D eigenvalue weighted by molar-refractivity contribution is 0.162. The molecule has 0 amide bonds. The molecule has 0 aliphatic carbocycles. The molecule has 0 spiro atoms. The first kappa shape index (κ1) is 10.9. The highest BCUT2D eigenvalue weighted by atomic mass is 16.3. The molecule has 3 N–H and O–H groups in total. The van der Waals surface area contributed by atoms with Crippen molar-refractivity contribution in [2.45, 2.75) is 38.8 Å². The van der Waals surface area contributed by atoms with E-state index in [9.17, 15) is 0 Å². The van der Waals surface area contributed by atoms with E-state index < -0.39 is 0 Å². The average molecular weight is 161 g/mol. The van der Waals surface area contributed by atoms with Gasteiger partial charge in [0, 0.05) is 6.04 Å². The molecule has 0 aromatic carbocycles. The lowest BCUT2D eigenvalue weighted by Gasteiger charge is -2.18. The van der Waals surface area contributed by atoms with Gasteiger partial charge in [-0.3, -0.25) is 0 Å². The van der Waals surface area contributed by atoms with Gasteiger partial charge < -0.3 is 15.5 Å². The summed E-state index contributed by atoms with van der Waals surface area (Å²) in [4.78, 5) is 0. The van der Waals surface area contributed by atoms with E-state index in [2.05, 4.69) is 19.2 Å². The Hall–Kier alpha value is -0.120. The molecule has 0 fully saturated rings. The van der Waals surface area contributed by atoms with Gasteiger partial charge in [0.1, 0.15) is 0 Å². The summed E-state index contributed by atoms with van der Waals surface area (Å²) in [6.45, 7) is 4.18. The highest BCUT2D eigenvalue weighted by Crippen LogP contribution is 1.96. The van der Waals surface area contributed by atoms with Crippen LogP contribution < -0.4 is 5.32 Å². The second kappa shape index (κ2) is 6.58. The lowest BCUT2D eigenvalue weighted by atomic mass is 10.2. The van der Waals surface area contributed by atoms with E-state index in [-0.39, 0.29) is 19.3 Å². The number of nitrogens with one attached hydrogen (secondary N) is 1. The number of rotatable bonds is 6. The first-order valence-corrected chi connectivity index (χ1v) is 4.22. The molecule has 68 valence electrons. The SMILES string of the molecule is CCCC(C)NC(CO)CO. The molecule has 0 saturated heterocycles. The normalized spacial score (nSPS) is 13.9. The van der Waals surface area contributed by atoms with Crippen LogP contribution in [0.4, 0.5) is 0 Å². The minimum atomic E-state index is -0.156. The van der Waals surface area contributed by atoms with E-state index in [0.717, 1.165) is 12.8 Å². The summed E-state index contributed by atoms with van der Waals surface area (Å²) in [5, 5.41) is 20.6. The van der Waals surface area contributed by atoms with Crippen LogP contribution in [0.5, 0.6) is 0 Å². The largest absolute Gasteiger partial charge is 0.395 e. The lowest BCUT2D eigenvalue weighted by Crippen LogP contribution is -2.41. The molecule has 0 aromatic rings. The van der Waals surface area contributed by atoms with Gasteiger partial charge in [0.15, 0.2) is 0 Å². The van der Waals surface area contributed by atoms with Gasteiger partial charge in [-0.25, -0.2) is 0 Å². The van der Waals surface area contributed by atoms with Crippen LogP contribution in [0.15, 0.2) is 0 Å². The van der Waals surface area contributed by atoms with Gasteiger partial charge in [-0.2, -0.15) is 0 Å². The fourth-order valence-electron chi connectivity index (χ4n) is 1.08. The molecule has 1 atom stereocenters. The Morgan fingerprint density at radius 3 is 2.18 bits per heavy atom. The van der Waals surface area contributed by atoms with Crippen LogP contribution in [0.1, 0.15) is 26.7 Å². The molecule has 1 unspecified atom stereocenters. The van der Waals surface area contributed by atoms with Gasteiger partial charge in [-0.05, 0) is 13.3 Å². The molecule has 11 heavy (non-hydrogen) atoms. The van der Waals surface area contributed by atoms with Gasteiger partial charge in [-0.1, -0.05) is 13.3 Å². The fraction of sp³-hybridized carbons (Fsp3) is 1.00. The van der Waals surface area contributed by atoms with Gasteiger partial charge in [-0.15, -0.1) is 0 Å². The van der Waals surface area contributed by atoms with Crippen LogP contribution in [-0.4, -0.2) is 35.5 Å². The highest BCUT2D eigenvalue weighted by molar-refractivity contribution is 4.68. The summed E-state index contributed by atoms with van der Waals surface area (Å²) in [7, 11) is 0. The highest BCUT2D eigenvalue weighted by Gasteiger charge is 2.08. The Morgan fingerprint density at radius 1 is 1.27 bits per heavy atom. The molecule has 0 saturated carbocycles. The third-order valence-electron chi connectivity index (χ3n) is 1.68. The molecule has 0 radical (unpaired) electrons. The topological polar surface area (TPSA) is 52.5 Å². The standard InChI is InChI=1S/C8H19NO2/c1-3-4-7(2)9-8(5-10)6-11/h7-11H,3-6H2,1-2H3. The van der Waals surface area contributed by atoms with Gasteiger partial charge in [0.25, 0.3) is 0 Å². The second-order valence-corrected chi connectivity index (χ2v) is 2.92. The monoisotopic (exact) mass is 161 g/mol. The third kappa shape index (κ3) is 5.18. The molecule has 0 heterocycles. The predicted octanol–water partition coefficient (Wildman–Crippen LogP) is 0.118. The number of hydrogen-bond donors (Lipinski definition) is 3. The molecule has 0 aliphatic heterocycles. The summed E-state index contributed by atoms with van der Waals surface area (Å²) < 4.78 is 0. The molecule has 3 nitrogen and oxygen atoms in total. The first-order chi connectivity index (χ1) is 5.24. The Labute approximate surface area is 68.4 Å². The summed E-state index contributed by atoms with van der Waals surface area (Å²) in [5.74, 6) is 0. The minimum absolute atomic E-state index is 0.00452. The molecule has 0 bridgehead atoms. The van der Waals surface area contributed by atoms with Crippen molar-refractivity contribution < 1.29 is 10.2 Å². The smallest absolute Gasteiger partial charge is 0.0607 e. The number of hydrogen-bond acceptors (Lipinski definition) is 3. The molecule has 0 rings (SSSR count). The van der Waals surface area contributed by atoms with Crippen molar-refractivity contribution in [3.63, 3.8) is 0 Å². The van der Waals surface area contributed by atoms with E-state index in [4.69, 9.17) is 10.2 Å². The van der Waals surface area contributed by atoms with Gasteiger partial charge in [0.05, 0.1) is 19.3 Å². The minimum Gasteiger partial charge on any atom is -0.395 e. The maximum atomic E-state index is 8.72. The van der Waals surface area contributed by atoms with Crippen molar-refractivity contribution >= 4 is 0 Å². The van der Waals surface area contributed by atoms with Crippen LogP contribution in [0.25, 0.3) is 0 Å². The zero-order valence-corrected chi connectivity index (χ0v) is 7.38. The Morgan fingerprint density at radius 2 is 1.82 bits per heavy atom. The Bertz CT molecular complexity index is 84.2. The first-order valence-electron chi connectivity index (χ1n) is 4.22. The van der Waals surface area contributed by atoms with Crippen LogP contribution in [-0.2, 0) is 0 Å². The summed E-state index contributed by atoms with van der Waals surface area (Å²) in [5.41, 5.74) is 0. The summed E-state index contributed by atoms with van der Waals surface area (Å²) >= 11 is 0. The van der Waals surface area contributed by atoms with E-state index in [1.807, 2.05) is 0 Å². The summed E-state index contributed by atoms with van der Waals surface area (Å²) in [6, 6.07) is 0.223. The Kier molecular flexibility index (Phi) is 6.51. The quantitative estimate of drug-likeness (QED) is 0.518. The van der Waals surface area contributed by atoms with Crippen molar-refractivity contribution in [1.29, 1.82) is 0 Å². The van der Waals surface area contributed by atoms with Crippen LogP contribution in [0.3, 0.4) is 0 Å². The maximum absolute atomic E-state index is 8.72. The molecule has 0 aliphatic rings. The van der Waals surface area contributed by atoms with Crippen molar-refractivity contribution in [2.75, 3.05) is 13.2 Å². The van der Waals surface area contributed by atoms with Crippen molar-refractivity contribution in [3.05, 3.63) is 0 Å². The van der Waals surface area contributed by atoms with E-state index in [0.29, 0.717) is 6.04 Å². The summed E-state index contributed by atoms with van der Waals surface area (Å²) in [6.07, 6.45) is 2.20. The van der Waals surface area contributed by atoms with Crippen LogP contribution in [0, 0.1) is 0 Å². The number of aliphatic hydroxyl groups excluding tert-OH is 2. The van der Waals surface area contributed by atoms with Gasteiger partial charge in [0.2, 0.25) is 0 Å². The zero-order valence-electron chi connectivity index (χ0n) is 7.38. The molecular weight excluding hydrogens is 142 g/mol. The molecule has 0 aromatic heterocycles. The second-order valence-electron chi connectivity index (χ2n) is 2.92. The van der Waals surface area contributed by atoms with E-state index in [1.165, 1.54) is 0 Å².